The van der Waals surface area contributed by atoms with Gasteiger partial charge in [-0.1, -0.05) is 12.1 Å². The number of carbonyl (C=O) groups is 1. The molecule has 0 aliphatic carbocycles. The molecule has 1 aliphatic heterocycles. The van der Waals surface area contributed by atoms with Gasteiger partial charge in [-0.3, -0.25) is 9.69 Å². The fourth-order valence-corrected chi connectivity index (χ4v) is 3.03. The van der Waals surface area contributed by atoms with Crippen molar-refractivity contribution >= 4 is 5.91 Å². The summed E-state index contributed by atoms with van der Waals surface area (Å²) in [6.45, 7) is 3.15. The molecular formula is C19H21N3O2. The molecule has 5 heteroatoms. The van der Waals surface area contributed by atoms with E-state index in [1.807, 2.05) is 36.4 Å². The molecule has 0 saturated carbocycles. The van der Waals surface area contributed by atoms with Crippen molar-refractivity contribution in [3.8, 4) is 6.07 Å². The summed E-state index contributed by atoms with van der Waals surface area (Å²) in [6.07, 6.45) is 3.36. The molecule has 1 saturated heterocycles. The number of likely N-dealkylation sites (tertiary alicyclic amines) is 1. The van der Waals surface area contributed by atoms with Gasteiger partial charge >= 0.3 is 0 Å². The number of furan rings is 1. The molecule has 2 heterocycles. The number of hydrogen-bond acceptors (Lipinski definition) is 4. The van der Waals surface area contributed by atoms with E-state index >= 15 is 0 Å². The van der Waals surface area contributed by atoms with E-state index < -0.39 is 0 Å². The lowest BCUT2D eigenvalue weighted by Gasteiger charge is -2.31. The van der Waals surface area contributed by atoms with Crippen LogP contribution in [0.5, 0.6) is 0 Å². The molecule has 1 aromatic heterocycles. The molecule has 1 amide bonds. The summed E-state index contributed by atoms with van der Waals surface area (Å²) >= 11 is 0. The van der Waals surface area contributed by atoms with Gasteiger partial charge in [0.15, 0.2) is 0 Å². The van der Waals surface area contributed by atoms with Gasteiger partial charge in [-0.15, -0.1) is 0 Å². The van der Waals surface area contributed by atoms with Gasteiger partial charge in [-0.2, -0.15) is 5.26 Å². The van der Waals surface area contributed by atoms with Gasteiger partial charge in [0.25, 0.3) is 0 Å². The second kappa shape index (κ2) is 7.80. The molecule has 5 nitrogen and oxygen atoms in total. The summed E-state index contributed by atoms with van der Waals surface area (Å²) in [6, 6.07) is 13.5. The summed E-state index contributed by atoms with van der Waals surface area (Å²) in [5, 5.41) is 11.8. The van der Waals surface area contributed by atoms with Crippen LogP contribution >= 0.6 is 0 Å². The lowest BCUT2D eigenvalue weighted by Crippen LogP contribution is -2.40. The van der Waals surface area contributed by atoms with Crippen molar-refractivity contribution < 1.29 is 9.21 Å². The van der Waals surface area contributed by atoms with Crippen LogP contribution in [0.4, 0.5) is 0 Å². The summed E-state index contributed by atoms with van der Waals surface area (Å²) in [7, 11) is 0. The number of nitriles is 1. The maximum absolute atomic E-state index is 12.2. The van der Waals surface area contributed by atoms with E-state index in [0.717, 1.165) is 38.2 Å². The van der Waals surface area contributed by atoms with Gasteiger partial charge < -0.3 is 9.73 Å². The third kappa shape index (κ3) is 4.24. The Morgan fingerprint density at radius 3 is 2.62 bits per heavy atom. The lowest BCUT2D eigenvalue weighted by molar-refractivity contribution is -0.126. The van der Waals surface area contributed by atoms with Gasteiger partial charge in [0, 0.05) is 12.5 Å². The van der Waals surface area contributed by atoms with Gasteiger partial charge in [-0.05, 0) is 55.8 Å². The Morgan fingerprint density at radius 2 is 2.00 bits per heavy atom. The average Bonchev–Trinajstić information content (AvgIpc) is 3.14. The number of hydrogen-bond donors (Lipinski definition) is 1. The van der Waals surface area contributed by atoms with Crippen LogP contribution in [0.1, 0.15) is 29.7 Å². The second-order valence-electron chi connectivity index (χ2n) is 6.16. The van der Waals surface area contributed by atoms with Crippen molar-refractivity contribution in [3.63, 3.8) is 0 Å². The Labute approximate surface area is 141 Å². The largest absolute Gasteiger partial charge is 0.467 e. The molecular weight excluding hydrogens is 302 g/mol. The molecule has 1 fully saturated rings. The molecule has 1 aliphatic rings. The predicted octanol–water partition coefficient (Wildman–Crippen LogP) is 2.68. The summed E-state index contributed by atoms with van der Waals surface area (Å²) in [4.78, 5) is 14.6. The number of rotatable bonds is 5. The van der Waals surface area contributed by atoms with E-state index in [1.54, 1.807) is 6.26 Å². The molecule has 0 unspecified atom stereocenters. The normalized spacial score (nSPS) is 15.8. The van der Waals surface area contributed by atoms with Gasteiger partial charge in [-0.25, -0.2) is 0 Å². The van der Waals surface area contributed by atoms with Crippen LogP contribution in [-0.2, 0) is 17.9 Å². The molecule has 1 N–H and O–H groups in total. The highest BCUT2D eigenvalue weighted by Crippen LogP contribution is 2.19. The number of nitrogens with one attached hydrogen (secondary N) is 1. The van der Waals surface area contributed by atoms with Crippen LogP contribution in [0.25, 0.3) is 0 Å². The van der Waals surface area contributed by atoms with Gasteiger partial charge in [0.05, 0.1) is 24.4 Å². The zero-order valence-electron chi connectivity index (χ0n) is 13.6. The van der Waals surface area contributed by atoms with E-state index in [1.165, 1.54) is 5.56 Å². The Hall–Kier alpha value is -2.58. The quantitative estimate of drug-likeness (QED) is 0.918. The number of amides is 1. The average molecular weight is 323 g/mol. The smallest absolute Gasteiger partial charge is 0.223 e. The zero-order chi connectivity index (χ0) is 16.8. The van der Waals surface area contributed by atoms with Crippen molar-refractivity contribution in [3.05, 3.63) is 59.5 Å². The second-order valence-corrected chi connectivity index (χ2v) is 6.16. The first kappa shape index (κ1) is 16.3. The first-order valence-corrected chi connectivity index (χ1v) is 8.26. The molecule has 1 aromatic carbocycles. The molecule has 124 valence electrons. The van der Waals surface area contributed by atoms with Crippen LogP contribution in [0.3, 0.4) is 0 Å². The van der Waals surface area contributed by atoms with E-state index in [9.17, 15) is 4.79 Å². The minimum absolute atomic E-state index is 0.0807. The first-order valence-electron chi connectivity index (χ1n) is 8.26. The van der Waals surface area contributed by atoms with E-state index in [4.69, 9.17) is 9.68 Å². The third-order valence-corrected chi connectivity index (χ3v) is 4.46. The number of nitrogens with zero attached hydrogens (tertiary/aromatic N) is 2. The van der Waals surface area contributed by atoms with Crippen molar-refractivity contribution in [1.29, 1.82) is 5.26 Å². The minimum Gasteiger partial charge on any atom is -0.467 e. The fraction of sp³-hybridized carbons (Fsp3) is 0.368. The molecule has 24 heavy (non-hydrogen) atoms. The summed E-state index contributed by atoms with van der Waals surface area (Å²) < 4.78 is 5.23. The van der Waals surface area contributed by atoms with Crippen LogP contribution < -0.4 is 5.32 Å². The Balaban J connectivity index is 1.43. The van der Waals surface area contributed by atoms with Crippen LogP contribution in [0.2, 0.25) is 0 Å². The third-order valence-electron chi connectivity index (χ3n) is 4.46. The SMILES string of the molecule is N#Cc1ccc(CN2CCC(C(=O)NCc3ccco3)CC2)cc1. The Bertz CT molecular complexity index is 693. The molecule has 2 aromatic rings. The standard InChI is InChI=1S/C19H21N3O2/c20-12-15-3-5-16(6-4-15)14-22-9-7-17(8-10-22)19(23)21-13-18-2-1-11-24-18/h1-6,11,17H,7-10,13-14H2,(H,21,23). The van der Waals surface area contributed by atoms with Crippen molar-refractivity contribution in [2.45, 2.75) is 25.9 Å². The fourth-order valence-electron chi connectivity index (χ4n) is 3.03. The summed E-state index contributed by atoms with van der Waals surface area (Å²) in [5.41, 5.74) is 1.89. The number of benzene rings is 1. The van der Waals surface area contributed by atoms with Crippen molar-refractivity contribution in [2.24, 2.45) is 5.92 Å². The van der Waals surface area contributed by atoms with Crippen molar-refractivity contribution in [1.82, 2.24) is 10.2 Å². The number of carbonyl (C=O) groups excluding carboxylic acids is 1. The molecule has 0 radical (unpaired) electrons. The maximum Gasteiger partial charge on any atom is 0.223 e. The van der Waals surface area contributed by atoms with E-state index in [0.29, 0.717) is 12.1 Å². The Morgan fingerprint density at radius 1 is 1.25 bits per heavy atom. The highest BCUT2D eigenvalue weighted by atomic mass is 16.3. The van der Waals surface area contributed by atoms with E-state index in [2.05, 4.69) is 16.3 Å². The highest BCUT2D eigenvalue weighted by molar-refractivity contribution is 5.78. The van der Waals surface area contributed by atoms with Gasteiger partial charge in [0.2, 0.25) is 5.91 Å². The highest BCUT2D eigenvalue weighted by Gasteiger charge is 2.24. The zero-order valence-corrected chi connectivity index (χ0v) is 13.6. The van der Waals surface area contributed by atoms with Gasteiger partial charge in [0.1, 0.15) is 5.76 Å². The first-order chi connectivity index (χ1) is 11.7. The van der Waals surface area contributed by atoms with Crippen LogP contribution in [0, 0.1) is 17.2 Å². The summed E-state index contributed by atoms with van der Waals surface area (Å²) in [5.74, 6) is 0.975. The van der Waals surface area contributed by atoms with Crippen molar-refractivity contribution in [2.75, 3.05) is 13.1 Å². The van der Waals surface area contributed by atoms with Crippen LogP contribution in [-0.4, -0.2) is 23.9 Å². The molecule has 0 spiro atoms. The van der Waals surface area contributed by atoms with E-state index in [-0.39, 0.29) is 11.8 Å². The minimum atomic E-state index is 0.0807. The molecule has 0 bridgehead atoms. The monoisotopic (exact) mass is 323 g/mol. The lowest BCUT2D eigenvalue weighted by atomic mass is 9.95. The predicted molar refractivity (Wildman–Crippen MR) is 89.7 cm³/mol. The van der Waals surface area contributed by atoms with Crippen LogP contribution in [0.15, 0.2) is 47.1 Å². The molecule has 0 atom stereocenters. The Kier molecular flexibility index (Phi) is 5.29. The molecule has 3 rings (SSSR count). The maximum atomic E-state index is 12.2. The number of piperidine rings is 1. The topological polar surface area (TPSA) is 69.3 Å².